The molecule has 0 saturated carbocycles. The molecule has 0 atom stereocenters. The Morgan fingerprint density at radius 1 is 1.24 bits per heavy atom. The van der Waals surface area contributed by atoms with Crippen molar-refractivity contribution in [2.45, 2.75) is 52.2 Å². The molecule has 0 aliphatic carbocycles. The second-order valence-corrected chi connectivity index (χ2v) is 6.70. The van der Waals surface area contributed by atoms with Gasteiger partial charge in [-0.15, -0.1) is 0 Å². The fourth-order valence-electron chi connectivity index (χ4n) is 2.49. The molecule has 1 saturated heterocycles. The van der Waals surface area contributed by atoms with Crippen LogP contribution in [0.1, 0.15) is 39.2 Å². The zero-order valence-corrected chi connectivity index (χ0v) is 13.5. The zero-order valence-electron chi connectivity index (χ0n) is 13.5. The number of carbonyl (C=O) groups is 1. The standard InChI is InChI=1S/C17H26N2O2/c1-13-7-5-6-8-15(13)18-14-9-11-19(12-10-14)16(20)21-17(2,3)4/h5-8,14,18H,9-12H2,1-4H3. The number of piperidine rings is 1. The van der Waals surface area contributed by atoms with Crippen molar-refractivity contribution in [2.24, 2.45) is 0 Å². The summed E-state index contributed by atoms with van der Waals surface area (Å²) >= 11 is 0. The van der Waals surface area contributed by atoms with Gasteiger partial charge in [-0.2, -0.15) is 0 Å². The van der Waals surface area contributed by atoms with E-state index in [9.17, 15) is 4.79 Å². The molecule has 1 N–H and O–H groups in total. The van der Waals surface area contributed by atoms with Gasteiger partial charge in [-0.25, -0.2) is 4.79 Å². The molecule has 21 heavy (non-hydrogen) atoms. The molecule has 1 fully saturated rings. The van der Waals surface area contributed by atoms with Crippen LogP contribution in [0.5, 0.6) is 0 Å². The molecule has 0 unspecified atom stereocenters. The highest BCUT2D eigenvalue weighted by Crippen LogP contribution is 2.20. The molecule has 2 rings (SSSR count). The predicted octanol–water partition coefficient (Wildman–Crippen LogP) is 3.81. The highest BCUT2D eigenvalue weighted by molar-refractivity contribution is 5.68. The molecule has 1 heterocycles. The molecule has 1 aliphatic rings. The quantitative estimate of drug-likeness (QED) is 0.900. The Kier molecular flexibility index (Phi) is 4.76. The smallest absolute Gasteiger partial charge is 0.410 e. The summed E-state index contributed by atoms with van der Waals surface area (Å²) in [5.74, 6) is 0. The van der Waals surface area contributed by atoms with Crippen LogP contribution in [0.3, 0.4) is 0 Å². The van der Waals surface area contributed by atoms with E-state index in [1.807, 2.05) is 32.9 Å². The summed E-state index contributed by atoms with van der Waals surface area (Å²) in [7, 11) is 0. The van der Waals surface area contributed by atoms with Crippen LogP contribution in [0, 0.1) is 6.92 Å². The average molecular weight is 290 g/mol. The highest BCUT2D eigenvalue weighted by atomic mass is 16.6. The minimum absolute atomic E-state index is 0.197. The molecule has 1 aliphatic heterocycles. The summed E-state index contributed by atoms with van der Waals surface area (Å²) in [6.45, 7) is 9.31. The second kappa shape index (κ2) is 6.37. The van der Waals surface area contributed by atoms with Crippen molar-refractivity contribution >= 4 is 11.8 Å². The van der Waals surface area contributed by atoms with Crippen molar-refractivity contribution in [3.05, 3.63) is 29.8 Å². The minimum Gasteiger partial charge on any atom is -0.444 e. The molecular formula is C17H26N2O2. The molecule has 1 amide bonds. The summed E-state index contributed by atoms with van der Waals surface area (Å²) in [6.07, 6.45) is 1.71. The van der Waals surface area contributed by atoms with Crippen molar-refractivity contribution in [3.63, 3.8) is 0 Å². The van der Waals surface area contributed by atoms with Crippen LogP contribution in [0.25, 0.3) is 0 Å². The first-order chi connectivity index (χ1) is 9.85. The van der Waals surface area contributed by atoms with E-state index in [0.29, 0.717) is 6.04 Å². The number of hydrogen-bond donors (Lipinski definition) is 1. The topological polar surface area (TPSA) is 41.6 Å². The van der Waals surface area contributed by atoms with Gasteiger partial charge in [0, 0.05) is 24.8 Å². The number of benzene rings is 1. The fraction of sp³-hybridized carbons (Fsp3) is 0.588. The molecule has 0 bridgehead atoms. The van der Waals surface area contributed by atoms with Crippen LogP contribution in [0.15, 0.2) is 24.3 Å². The van der Waals surface area contributed by atoms with E-state index in [0.717, 1.165) is 25.9 Å². The van der Waals surface area contributed by atoms with E-state index < -0.39 is 5.60 Å². The molecule has 1 aromatic rings. The van der Waals surface area contributed by atoms with Crippen molar-refractivity contribution in [1.82, 2.24) is 4.90 Å². The Hall–Kier alpha value is -1.71. The lowest BCUT2D eigenvalue weighted by Gasteiger charge is -2.34. The summed E-state index contributed by atoms with van der Waals surface area (Å²) in [4.78, 5) is 13.8. The van der Waals surface area contributed by atoms with Gasteiger partial charge < -0.3 is 15.0 Å². The number of likely N-dealkylation sites (tertiary alicyclic amines) is 1. The number of rotatable bonds is 2. The molecular weight excluding hydrogens is 264 g/mol. The van der Waals surface area contributed by atoms with Gasteiger partial charge in [0.2, 0.25) is 0 Å². The normalized spacial score (nSPS) is 16.7. The fourth-order valence-corrected chi connectivity index (χ4v) is 2.49. The first kappa shape index (κ1) is 15.7. The molecule has 1 aromatic carbocycles. The average Bonchev–Trinajstić information content (AvgIpc) is 2.40. The number of hydrogen-bond acceptors (Lipinski definition) is 3. The first-order valence-electron chi connectivity index (χ1n) is 7.65. The molecule has 4 nitrogen and oxygen atoms in total. The zero-order chi connectivity index (χ0) is 15.5. The largest absolute Gasteiger partial charge is 0.444 e. The molecule has 116 valence electrons. The maximum absolute atomic E-state index is 12.0. The number of nitrogens with zero attached hydrogens (tertiary/aromatic N) is 1. The van der Waals surface area contributed by atoms with E-state index >= 15 is 0 Å². The number of ether oxygens (including phenoxy) is 1. The molecule has 0 radical (unpaired) electrons. The van der Waals surface area contributed by atoms with Gasteiger partial charge in [0.1, 0.15) is 5.60 Å². The summed E-state index contributed by atoms with van der Waals surface area (Å²) in [5.41, 5.74) is 2.02. The second-order valence-electron chi connectivity index (χ2n) is 6.70. The number of carbonyl (C=O) groups excluding carboxylic acids is 1. The lowest BCUT2D eigenvalue weighted by molar-refractivity contribution is 0.0210. The molecule has 0 aromatic heterocycles. The minimum atomic E-state index is -0.423. The third-order valence-electron chi connectivity index (χ3n) is 3.65. The van der Waals surface area contributed by atoms with Crippen molar-refractivity contribution < 1.29 is 9.53 Å². The lowest BCUT2D eigenvalue weighted by Crippen LogP contribution is -2.44. The summed E-state index contributed by atoms with van der Waals surface area (Å²) < 4.78 is 5.42. The van der Waals surface area contributed by atoms with Gasteiger partial charge in [0.15, 0.2) is 0 Å². The lowest BCUT2D eigenvalue weighted by atomic mass is 10.0. The molecule has 0 spiro atoms. The number of amides is 1. The maximum Gasteiger partial charge on any atom is 0.410 e. The highest BCUT2D eigenvalue weighted by Gasteiger charge is 2.26. The third-order valence-corrected chi connectivity index (χ3v) is 3.65. The number of para-hydroxylation sites is 1. The number of anilines is 1. The van der Waals surface area contributed by atoms with E-state index in [1.54, 1.807) is 4.90 Å². The van der Waals surface area contributed by atoms with Gasteiger partial charge >= 0.3 is 6.09 Å². The van der Waals surface area contributed by atoms with E-state index in [-0.39, 0.29) is 6.09 Å². The van der Waals surface area contributed by atoms with Crippen LogP contribution in [-0.4, -0.2) is 35.7 Å². The maximum atomic E-state index is 12.0. The Balaban J connectivity index is 1.83. The predicted molar refractivity (Wildman–Crippen MR) is 85.6 cm³/mol. The SMILES string of the molecule is Cc1ccccc1NC1CCN(C(=O)OC(C)(C)C)CC1. The number of aryl methyl sites for hydroxylation is 1. The van der Waals surface area contributed by atoms with E-state index in [4.69, 9.17) is 4.74 Å². The third kappa shape index (κ3) is 4.66. The molecule has 4 heteroatoms. The van der Waals surface area contributed by atoms with Crippen molar-refractivity contribution in [1.29, 1.82) is 0 Å². The van der Waals surface area contributed by atoms with Crippen LogP contribution in [-0.2, 0) is 4.74 Å². The van der Waals surface area contributed by atoms with Gasteiger partial charge in [0.05, 0.1) is 0 Å². The Morgan fingerprint density at radius 2 is 1.86 bits per heavy atom. The van der Waals surface area contributed by atoms with Crippen molar-refractivity contribution in [3.8, 4) is 0 Å². The summed E-state index contributed by atoms with van der Waals surface area (Å²) in [5, 5.41) is 3.58. The van der Waals surface area contributed by atoms with E-state index in [1.165, 1.54) is 11.3 Å². The Labute approximate surface area is 127 Å². The van der Waals surface area contributed by atoms with Crippen LogP contribution in [0.4, 0.5) is 10.5 Å². The van der Waals surface area contributed by atoms with Crippen LogP contribution >= 0.6 is 0 Å². The van der Waals surface area contributed by atoms with E-state index in [2.05, 4.69) is 24.4 Å². The van der Waals surface area contributed by atoms with Crippen LogP contribution in [0.2, 0.25) is 0 Å². The number of nitrogens with one attached hydrogen (secondary N) is 1. The van der Waals surface area contributed by atoms with Crippen molar-refractivity contribution in [2.75, 3.05) is 18.4 Å². The Bertz CT molecular complexity index is 486. The van der Waals surface area contributed by atoms with Gasteiger partial charge in [-0.1, -0.05) is 18.2 Å². The Morgan fingerprint density at radius 3 is 2.43 bits per heavy atom. The van der Waals surface area contributed by atoms with Gasteiger partial charge in [-0.3, -0.25) is 0 Å². The van der Waals surface area contributed by atoms with Crippen LogP contribution < -0.4 is 5.32 Å². The first-order valence-corrected chi connectivity index (χ1v) is 7.65. The van der Waals surface area contributed by atoms with Gasteiger partial charge in [-0.05, 0) is 52.2 Å². The monoisotopic (exact) mass is 290 g/mol. The van der Waals surface area contributed by atoms with Gasteiger partial charge in [0.25, 0.3) is 0 Å². The summed E-state index contributed by atoms with van der Waals surface area (Å²) in [6, 6.07) is 8.73.